The molecule has 0 saturated carbocycles. The lowest BCUT2D eigenvalue weighted by Crippen LogP contribution is -2.37. The van der Waals surface area contributed by atoms with Gasteiger partial charge in [-0.1, -0.05) is 23.7 Å². The lowest BCUT2D eigenvalue weighted by Gasteiger charge is -2.29. The summed E-state index contributed by atoms with van der Waals surface area (Å²) in [5.41, 5.74) is 2.60. The second-order valence-electron chi connectivity index (χ2n) is 7.55. The third-order valence-corrected chi connectivity index (χ3v) is 5.62. The Morgan fingerprint density at radius 3 is 2.76 bits per heavy atom. The Morgan fingerprint density at radius 2 is 1.97 bits per heavy atom. The van der Waals surface area contributed by atoms with Crippen LogP contribution in [0.5, 0.6) is 0 Å². The molecule has 4 aromatic rings. The minimum absolute atomic E-state index is 0.276. The van der Waals surface area contributed by atoms with E-state index in [4.69, 9.17) is 20.8 Å². The summed E-state index contributed by atoms with van der Waals surface area (Å²) in [6, 6.07) is 16.4. The standard InChI is InChI=1S/C24H22ClN5O3/c25-18-5-1-6-19(14-18)30-21(22-7-3-11-33-22)15-20(28-30)24(31)27-16-17-4-2-8-26-23(17)29-9-12-32-13-10-29/h1-8,11,14-15H,9-10,12-13,16H2,(H,27,31). The number of carbonyl (C=O) groups is 1. The highest BCUT2D eigenvalue weighted by atomic mass is 35.5. The molecule has 1 N–H and O–H groups in total. The first kappa shape index (κ1) is 21.2. The number of halogens is 1. The monoisotopic (exact) mass is 463 g/mol. The topological polar surface area (TPSA) is 85.4 Å². The van der Waals surface area contributed by atoms with Crippen molar-refractivity contribution in [1.29, 1.82) is 0 Å². The maximum Gasteiger partial charge on any atom is 0.272 e. The van der Waals surface area contributed by atoms with E-state index in [1.165, 1.54) is 0 Å². The predicted molar refractivity (Wildman–Crippen MR) is 125 cm³/mol. The van der Waals surface area contributed by atoms with Crippen LogP contribution in [0.25, 0.3) is 17.1 Å². The van der Waals surface area contributed by atoms with E-state index in [1.807, 2.05) is 30.3 Å². The Morgan fingerprint density at radius 1 is 1.09 bits per heavy atom. The van der Waals surface area contributed by atoms with Crippen molar-refractivity contribution in [3.63, 3.8) is 0 Å². The number of carbonyl (C=O) groups excluding carboxylic acids is 1. The average Bonchev–Trinajstić information content (AvgIpc) is 3.53. The van der Waals surface area contributed by atoms with Crippen molar-refractivity contribution in [3.8, 4) is 17.1 Å². The van der Waals surface area contributed by atoms with Crippen LogP contribution >= 0.6 is 11.6 Å². The second kappa shape index (κ2) is 9.48. The molecule has 3 aromatic heterocycles. The zero-order valence-electron chi connectivity index (χ0n) is 17.8. The quantitative estimate of drug-likeness (QED) is 0.466. The first-order valence-electron chi connectivity index (χ1n) is 10.6. The summed E-state index contributed by atoms with van der Waals surface area (Å²) in [4.78, 5) is 19.7. The molecule has 0 aliphatic carbocycles. The van der Waals surface area contributed by atoms with Gasteiger partial charge in [-0.2, -0.15) is 5.10 Å². The fourth-order valence-corrected chi connectivity index (χ4v) is 3.98. The zero-order valence-corrected chi connectivity index (χ0v) is 18.5. The first-order valence-corrected chi connectivity index (χ1v) is 11.0. The SMILES string of the molecule is O=C(NCc1cccnc1N1CCOCC1)c1cc(-c2ccco2)n(-c2cccc(Cl)c2)n1. The molecule has 1 amide bonds. The molecule has 0 bridgehead atoms. The van der Waals surface area contributed by atoms with Gasteiger partial charge in [-0.05, 0) is 36.4 Å². The maximum absolute atomic E-state index is 13.0. The molecule has 1 aliphatic rings. The number of nitrogens with one attached hydrogen (secondary N) is 1. The van der Waals surface area contributed by atoms with E-state index in [9.17, 15) is 4.79 Å². The number of benzene rings is 1. The third-order valence-electron chi connectivity index (χ3n) is 5.39. The molecule has 0 radical (unpaired) electrons. The van der Waals surface area contributed by atoms with E-state index in [1.54, 1.807) is 41.4 Å². The number of ether oxygens (including phenoxy) is 1. The number of rotatable bonds is 6. The number of anilines is 1. The molecule has 0 atom stereocenters. The van der Waals surface area contributed by atoms with Crippen molar-refractivity contribution >= 4 is 23.3 Å². The summed E-state index contributed by atoms with van der Waals surface area (Å²) < 4.78 is 12.7. The molecule has 0 spiro atoms. The van der Waals surface area contributed by atoms with Gasteiger partial charge in [0.2, 0.25) is 0 Å². The number of hydrogen-bond donors (Lipinski definition) is 1. The van der Waals surface area contributed by atoms with Gasteiger partial charge in [0.05, 0.1) is 25.2 Å². The summed E-state index contributed by atoms with van der Waals surface area (Å²) in [6.45, 7) is 3.21. The van der Waals surface area contributed by atoms with Crippen molar-refractivity contribution in [3.05, 3.63) is 83.3 Å². The molecule has 4 heterocycles. The molecule has 168 valence electrons. The summed E-state index contributed by atoms with van der Waals surface area (Å²) >= 11 is 6.18. The number of aromatic nitrogens is 3. The number of hydrogen-bond acceptors (Lipinski definition) is 6. The molecule has 1 aromatic carbocycles. The largest absolute Gasteiger partial charge is 0.463 e. The Balaban J connectivity index is 1.39. The molecule has 5 rings (SSSR count). The molecule has 0 unspecified atom stereocenters. The van der Waals surface area contributed by atoms with Crippen LogP contribution in [-0.2, 0) is 11.3 Å². The van der Waals surface area contributed by atoms with E-state index in [0.717, 1.165) is 30.2 Å². The lowest BCUT2D eigenvalue weighted by atomic mass is 10.2. The van der Waals surface area contributed by atoms with Crippen LogP contribution in [0.4, 0.5) is 5.82 Å². The summed E-state index contributed by atoms with van der Waals surface area (Å²) in [5.74, 6) is 1.17. The van der Waals surface area contributed by atoms with Crippen LogP contribution in [0, 0.1) is 0 Å². The maximum atomic E-state index is 13.0. The summed E-state index contributed by atoms with van der Waals surface area (Å²) in [5, 5.41) is 8.10. The van der Waals surface area contributed by atoms with Crippen LogP contribution < -0.4 is 10.2 Å². The van der Waals surface area contributed by atoms with Gasteiger partial charge >= 0.3 is 0 Å². The summed E-state index contributed by atoms with van der Waals surface area (Å²) in [6.07, 6.45) is 3.35. The van der Waals surface area contributed by atoms with Gasteiger partial charge < -0.3 is 19.4 Å². The highest BCUT2D eigenvalue weighted by Crippen LogP contribution is 2.26. The Kier molecular flexibility index (Phi) is 6.10. The van der Waals surface area contributed by atoms with Crippen molar-refractivity contribution in [1.82, 2.24) is 20.1 Å². The molecule has 1 aliphatic heterocycles. The van der Waals surface area contributed by atoms with E-state index in [-0.39, 0.29) is 11.6 Å². The number of nitrogens with zero attached hydrogens (tertiary/aromatic N) is 4. The molecular formula is C24H22ClN5O3. The van der Waals surface area contributed by atoms with Gasteiger partial charge in [-0.25, -0.2) is 9.67 Å². The average molecular weight is 464 g/mol. The molecule has 8 nitrogen and oxygen atoms in total. The Labute approximate surface area is 195 Å². The number of pyridine rings is 1. The van der Waals surface area contributed by atoms with Gasteiger partial charge in [0, 0.05) is 42.5 Å². The lowest BCUT2D eigenvalue weighted by molar-refractivity contribution is 0.0945. The first-order chi connectivity index (χ1) is 16.2. The van der Waals surface area contributed by atoms with Crippen LogP contribution in [0.2, 0.25) is 5.02 Å². The fraction of sp³-hybridized carbons (Fsp3) is 0.208. The summed E-state index contributed by atoms with van der Waals surface area (Å²) in [7, 11) is 0. The van der Waals surface area contributed by atoms with Crippen LogP contribution in [0.3, 0.4) is 0 Å². The smallest absolute Gasteiger partial charge is 0.272 e. The van der Waals surface area contributed by atoms with E-state index in [2.05, 4.69) is 20.3 Å². The van der Waals surface area contributed by atoms with Crippen molar-refractivity contribution < 1.29 is 13.9 Å². The van der Waals surface area contributed by atoms with Gasteiger partial charge in [0.25, 0.3) is 5.91 Å². The zero-order chi connectivity index (χ0) is 22.6. The normalized spacial score (nSPS) is 13.8. The number of furan rings is 1. The van der Waals surface area contributed by atoms with Gasteiger partial charge in [0.1, 0.15) is 11.5 Å². The van der Waals surface area contributed by atoms with Crippen LogP contribution in [-0.4, -0.2) is 47.0 Å². The number of amides is 1. The van der Waals surface area contributed by atoms with Gasteiger partial charge in [0.15, 0.2) is 11.5 Å². The minimum Gasteiger partial charge on any atom is -0.463 e. The Hall–Kier alpha value is -3.62. The van der Waals surface area contributed by atoms with Crippen LogP contribution in [0.1, 0.15) is 16.1 Å². The van der Waals surface area contributed by atoms with Crippen molar-refractivity contribution in [2.24, 2.45) is 0 Å². The highest BCUT2D eigenvalue weighted by Gasteiger charge is 2.20. The highest BCUT2D eigenvalue weighted by molar-refractivity contribution is 6.30. The second-order valence-corrected chi connectivity index (χ2v) is 7.99. The van der Waals surface area contributed by atoms with E-state index >= 15 is 0 Å². The van der Waals surface area contributed by atoms with Crippen molar-refractivity contribution in [2.75, 3.05) is 31.2 Å². The Bertz CT molecular complexity index is 1250. The molecule has 1 fully saturated rings. The van der Waals surface area contributed by atoms with E-state index < -0.39 is 0 Å². The van der Waals surface area contributed by atoms with Crippen LogP contribution in [0.15, 0.2) is 71.5 Å². The third kappa shape index (κ3) is 4.62. The molecule has 1 saturated heterocycles. The van der Waals surface area contributed by atoms with Crippen molar-refractivity contribution in [2.45, 2.75) is 6.54 Å². The molecule has 9 heteroatoms. The number of morpholine rings is 1. The molecule has 33 heavy (non-hydrogen) atoms. The van der Waals surface area contributed by atoms with E-state index in [0.29, 0.717) is 36.2 Å². The molecular weight excluding hydrogens is 442 g/mol. The van der Waals surface area contributed by atoms with Gasteiger partial charge in [-0.3, -0.25) is 4.79 Å². The van der Waals surface area contributed by atoms with Gasteiger partial charge in [-0.15, -0.1) is 0 Å². The minimum atomic E-state index is -0.291. The fourth-order valence-electron chi connectivity index (χ4n) is 3.79. The predicted octanol–water partition coefficient (Wildman–Crippen LogP) is 3.95.